The van der Waals surface area contributed by atoms with E-state index in [1.165, 1.54) is 42.7 Å². The average molecular weight is 508 g/mol. The summed E-state index contributed by atoms with van der Waals surface area (Å²) in [5.41, 5.74) is 2.17. The van der Waals surface area contributed by atoms with E-state index in [0.29, 0.717) is 16.3 Å². The maximum Gasteiger partial charge on any atom is 0.271 e. The van der Waals surface area contributed by atoms with E-state index in [1.807, 2.05) is 0 Å². The minimum absolute atomic E-state index is 0.156. The zero-order chi connectivity index (χ0) is 25.5. The number of hydrogen-bond acceptors (Lipinski definition) is 5. The molecule has 9 heteroatoms. The van der Waals surface area contributed by atoms with Crippen LogP contribution in [-0.2, 0) is 19.6 Å². The number of hydrogen-bond donors (Lipinski definition) is 1. The number of carbonyl (C=O) groups is 2. The summed E-state index contributed by atoms with van der Waals surface area (Å²) in [5.74, 6) is -0.776. The fraction of sp³-hybridized carbons (Fsp3) is 0.148. The molecular weight excluding hydrogens is 484 g/mol. The number of nitrogens with one attached hydrogen (secondary N) is 1. The zero-order valence-corrected chi connectivity index (χ0v) is 20.2. The van der Waals surface area contributed by atoms with Crippen LogP contribution in [0.4, 0.5) is 8.78 Å². The van der Waals surface area contributed by atoms with Crippen LogP contribution >= 0.6 is 11.3 Å². The lowest BCUT2D eigenvalue weighted by Crippen LogP contribution is -2.30. The van der Waals surface area contributed by atoms with E-state index in [1.54, 1.807) is 58.8 Å². The summed E-state index contributed by atoms with van der Waals surface area (Å²) in [4.78, 5) is 31.9. The van der Waals surface area contributed by atoms with Crippen molar-refractivity contribution in [1.82, 2.24) is 15.2 Å². The zero-order valence-electron chi connectivity index (χ0n) is 19.4. The molecule has 36 heavy (non-hydrogen) atoms. The molecule has 1 aromatic heterocycles. The third-order valence-corrected chi connectivity index (χ3v) is 6.20. The summed E-state index contributed by atoms with van der Waals surface area (Å²) in [6, 6.07) is 18.6. The predicted molar refractivity (Wildman–Crippen MR) is 133 cm³/mol. The predicted octanol–water partition coefficient (Wildman–Crippen LogP) is 5.20. The van der Waals surface area contributed by atoms with Gasteiger partial charge in [-0.2, -0.15) is 0 Å². The fourth-order valence-electron chi connectivity index (χ4n) is 3.47. The Kier molecular flexibility index (Phi) is 8.02. The van der Waals surface area contributed by atoms with Crippen LogP contribution in [-0.4, -0.2) is 28.8 Å². The molecule has 0 unspecified atom stereocenters. The van der Waals surface area contributed by atoms with E-state index in [4.69, 9.17) is 4.74 Å². The molecule has 1 N–H and O–H groups in total. The van der Waals surface area contributed by atoms with E-state index in [2.05, 4.69) is 10.3 Å². The van der Waals surface area contributed by atoms with Crippen LogP contribution in [0.15, 0.2) is 78.2 Å². The van der Waals surface area contributed by atoms with Gasteiger partial charge in [0.25, 0.3) is 11.8 Å². The number of nitrogens with zero attached hydrogens (tertiary/aromatic N) is 2. The quantitative estimate of drug-likeness (QED) is 0.338. The molecule has 0 spiro atoms. The first-order valence-corrected chi connectivity index (χ1v) is 11.9. The van der Waals surface area contributed by atoms with Gasteiger partial charge in [-0.05, 0) is 53.6 Å². The normalized spacial score (nSPS) is 10.6. The van der Waals surface area contributed by atoms with Gasteiger partial charge in [-0.25, -0.2) is 13.8 Å². The number of amides is 2. The first-order chi connectivity index (χ1) is 17.4. The highest BCUT2D eigenvalue weighted by Gasteiger charge is 2.20. The number of methoxy groups -OCH3 is 1. The van der Waals surface area contributed by atoms with E-state index >= 15 is 0 Å². The molecule has 0 saturated carbocycles. The molecule has 0 aliphatic carbocycles. The van der Waals surface area contributed by atoms with Gasteiger partial charge in [0.05, 0.1) is 13.7 Å². The Labute approximate surface area is 211 Å². The number of aromatic nitrogens is 1. The third-order valence-electron chi connectivity index (χ3n) is 5.37. The smallest absolute Gasteiger partial charge is 0.271 e. The molecule has 184 valence electrons. The van der Waals surface area contributed by atoms with Crippen LogP contribution in [0, 0.1) is 11.6 Å². The Hall–Kier alpha value is -4.11. The van der Waals surface area contributed by atoms with Gasteiger partial charge in [-0.1, -0.05) is 30.3 Å². The largest absolute Gasteiger partial charge is 0.497 e. The lowest BCUT2D eigenvalue weighted by molar-refractivity contribution is 0.0729. The SMILES string of the molecule is COc1cccc(C(=O)N(Cc2ccc(F)cc2)Cc2nc(C(=O)NCc3ccc(F)cc3)cs2)c1. The highest BCUT2D eigenvalue weighted by molar-refractivity contribution is 7.09. The van der Waals surface area contributed by atoms with E-state index in [9.17, 15) is 18.4 Å². The number of ether oxygens (including phenoxy) is 1. The molecule has 1 heterocycles. The maximum absolute atomic E-state index is 13.4. The molecule has 3 aromatic carbocycles. The molecule has 0 aliphatic rings. The molecule has 0 atom stereocenters. The molecule has 0 aliphatic heterocycles. The minimum atomic E-state index is -0.369. The molecule has 0 bridgehead atoms. The van der Waals surface area contributed by atoms with Crippen LogP contribution in [0.25, 0.3) is 0 Å². The summed E-state index contributed by atoms with van der Waals surface area (Å²) in [6.45, 7) is 0.613. The number of rotatable bonds is 9. The van der Waals surface area contributed by atoms with Crippen molar-refractivity contribution >= 4 is 23.2 Å². The minimum Gasteiger partial charge on any atom is -0.497 e. The molecule has 6 nitrogen and oxygen atoms in total. The average Bonchev–Trinajstić information content (AvgIpc) is 3.37. The molecule has 0 fully saturated rings. The van der Waals surface area contributed by atoms with Crippen molar-refractivity contribution in [1.29, 1.82) is 0 Å². The second-order valence-electron chi connectivity index (χ2n) is 7.96. The van der Waals surface area contributed by atoms with Crippen LogP contribution in [0.2, 0.25) is 0 Å². The summed E-state index contributed by atoms with van der Waals surface area (Å²) in [7, 11) is 1.53. The summed E-state index contributed by atoms with van der Waals surface area (Å²) in [6.07, 6.45) is 0. The van der Waals surface area contributed by atoms with Crippen molar-refractivity contribution in [2.75, 3.05) is 7.11 Å². The lowest BCUT2D eigenvalue weighted by Gasteiger charge is -2.22. The molecule has 4 aromatic rings. The monoisotopic (exact) mass is 507 g/mol. The molecule has 4 rings (SSSR count). The molecule has 0 radical (unpaired) electrons. The van der Waals surface area contributed by atoms with Gasteiger partial charge in [0, 0.05) is 24.0 Å². The molecule has 2 amide bonds. The van der Waals surface area contributed by atoms with E-state index < -0.39 is 0 Å². The van der Waals surface area contributed by atoms with Gasteiger partial charge < -0.3 is 15.0 Å². The Morgan fingerprint density at radius 3 is 2.28 bits per heavy atom. The van der Waals surface area contributed by atoms with Crippen LogP contribution < -0.4 is 10.1 Å². The van der Waals surface area contributed by atoms with Gasteiger partial charge in [0.2, 0.25) is 0 Å². The molecule has 0 saturated heterocycles. The fourth-order valence-corrected chi connectivity index (χ4v) is 4.26. The van der Waals surface area contributed by atoms with Crippen LogP contribution in [0.5, 0.6) is 5.75 Å². The summed E-state index contributed by atoms with van der Waals surface area (Å²) < 4.78 is 31.7. The van der Waals surface area contributed by atoms with Gasteiger partial charge in [0.1, 0.15) is 28.1 Å². The highest BCUT2D eigenvalue weighted by atomic mass is 32.1. The van der Waals surface area contributed by atoms with Crippen molar-refractivity contribution in [2.24, 2.45) is 0 Å². The number of thiazole rings is 1. The van der Waals surface area contributed by atoms with E-state index in [-0.39, 0.29) is 48.8 Å². The topological polar surface area (TPSA) is 71.5 Å². The Bertz CT molecular complexity index is 1340. The number of carbonyl (C=O) groups excluding carboxylic acids is 2. The standard InChI is InChI=1S/C27H23F2N3O3S/c1-35-23-4-2-3-20(13-23)27(34)32(15-19-7-11-22(29)12-8-19)16-25-31-24(17-36-25)26(33)30-14-18-5-9-21(28)10-6-18/h2-13,17H,14-16H2,1H3,(H,30,33). The second kappa shape index (κ2) is 11.5. The number of benzene rings is 3. The Balaban J connectivity index is 1.49. The Morgan fingerprint density at radius 1 is 0.944 bits per heavy atom. The summed E-state index contributed by atoms with van der Waals surface area (Å²) in [5, 5.41) is 4.96. The third kappa shape index (κ3) is 6.51. The van der Waals surface area contributed by atoms with E-state index in [0.717, 1.165) is 11.1 Å². The first kappa shape index (κ1) is 25.0. The maximum atomic E-state index is 13.4. The molecular formula is C27H23F2N3O3S. The van der Waals surface area contributed by atoms with Gasteiger partial charge in [-0.15, -0.1) is 11.3 Å². The first-order valence-electron chi connectivity index (χ1n) is 11.1. The van der Waals surface area contributed by atoms with Crippen LogP contribution in [0.1, 0.15) is 37.0 Å². The van der Waals surface area contributed by atoms with Crippen molar-refractivity contribution in [2.45, 2.75) is 19.6 Å². The highest BCUT2D eigenvalue weighted by Crippen LogP contribution is 2.20. The van der Waals surface area contributed by atoms with Gasteiger partial charge in [-0.3, -0.25) is 9.59 Å². The van der Waals surface area contributed by atoms with Crippen molar-refractivity contribution in [3.8, 4) is 5.75 Å². The van der Waals surface area contributed by atoms with Gasteiger partial charge >= 0.3 is 0 Å². The summed E-state index contributed by atoms with van der Waals surface area (Å²) >= 11 is 1.26. The van der Waals surface area contributed by atoms with Crippen molar-refractivity contribution in [3.05, 3.63) is 117 Å². The van der Waals surface area contributed by atoms with Crippen molar-refractivity contribution in [3.63, 3.8) is 0 Å². The van der Waals surface area contributed by atoms with Gasteiger partial charge in [0.15, 0.2) is 0 Å². The number of halogens is 2. The lowest BCUT2D eigenvalue weighted by atomic mass is 10.1. The second-order valence-corrected chi connectivity index (χ2v) is 8.90. The Morgan fingerprint density at radius 2 is 1.61 bits per heavy atom. The van der Waals surface area contributed by atoms with Crippen LogP contribution in [0.3, 0.4) is 0 Å². The van der Waals surface area contributed by atoms with Crippen molar-refractivity contribution < 1.29 is 23.1 Å².